The summed E-state index contributed by atoms with van der Waals surface area (Å²) in [6, 6.07) is 19.9. The molecule has 7 heteroatoms. The van der Waals surface area contributed by atoms with Crippen LogP contribution in [0.25, 0.3) is 11.0 Å². The van der Waals surface area contributed by atoms with E-state index in [0.717, 1.165) is 41.9 Å². The average molecular weight is 458 g/mol. The molecule has 3 heterocycles. The minimum atomic E-state index is -0.370. The highest BCUT2D eigenvalue weighted by Crippen LogP contribution is 2.37. The van der Waals surface area contributed by atoms with Gasteiger partial charge in [-0.25, -0.2) is 0 Å². The minimum Gasteiger partial charge on any atom is -0.490 e. The van der Waals surface area contributed by atoms with Gasteiger partial charge in [0, 0.05) is 29.9 Å². The Hall–Kier alpha value is -3.60. The van der Waals surface area contributed by atoms with Gasteiger partial charge in [-0.3, -0.25) is 9.69 Å². The maximum Gasteiger partial charge on any atom is 0.292 e. The summed E-state index contributed by atoms with van der Waals surface area (Å²) in [5, 5.41) is 14.1. The third kappa shape index (κ3) is 4.23. The zero-order chi connectivity index (χ0) is 22.8. The number of hydrogen-bond acceptors (Lipinski definition) is 6. The summed E-state index contributed by atoms with van der Waals surface area (Å²) in [5.41, 5.74) is 3.43. The van der Waals surface area contributed by atoms with E-state index >= 15 is 0 Å². The Kier molecular flexibility index (Phi) is 5.86. The van der Waals surface area contributed by atoms with Gasteiger partial charge in [-0.2, -0.15) is 5.26 Å². The van der Waals surface area contributed by atoms with Crippen LogP contribution >= 0.6 is 11.3 Å². The van der Waals surface area contributed by atoms with Gasteiger partial charge in [0.1, 0.15) is 11.1 Å². The first kappa shape index (κ1) is 21.3. The zero-order valence-electron chi connectivity index (χ0n) is 18.3. The van der Waals surface area contributed by atoms with Crippen LogP contribution in [-0.4, -0.2) is 24.0 Å². The molecular weight excluding hydrogens is 434 g/mol. The molecule has 0 spiro atoms. The van der Waals surface area contributed by atoms with Gasteiger partial charge in [-0.05, 0) is 36.6 Å². The van der Waals surface area contributed by atoms with E-state index in [1.165, 1.54) is 16.9 Å². The van der Waals surface area contributed by atoms with Crippen LogP contribution in [-0.2, 0) is 19.5 Å². The topological polar surface area (TPSA) is 78.5 Å². The fraction of sp³-hybridized carbons (Fsp3) is 0.231. The van der Waals surface area contributed by atoms with Gasteiger partial charge in [-0.1, -0.05) is 42.5 Å². The number of anilines is 1. The minimum absolute atomic E-state index is 0.193. The maximum absolute atomic E-state index is 13.0. The number of carbonyl (C=O) groups is 1. The van der Waals surface area contributed by atoms with E-state index in [2.05, 4.69) is 28.4 Å². The summed E-state index contributed by atoms with van der Waals surface area (Å²) in [6.07, 6.45) is 0.791. The monoisotopic (exact) mass is 457 g/mol. The molecule has 1 amide bonds. The molecule has 0 unspecified atom stereocenters. The Labute approximate surface area is 196 Å². The lowest BCUT2D eigenvalue weighted by molar-refractivity contribution is 0.0999. The second-order valence-corrected chi connectivity index (χ2v) is 9.04. The molecular formula is C26H23N3O3S. The molecule has 33 heavy (non-hydrogen) atoms. The molecule has 0 saturated heterocycles. The molecule has 0 saturated carbocycles. The van der Waals surface area contributed by atoms with Crippen molar-refractivity contribution in [2.75, 3.05) is 18.5 Å². The van der Waals surface area contributed by atoms with Crippen molar-refractivity contribution >= 4 is 33.2 Å². The number of para-hydroxylation sites is 1. The van der Waals surface area contributed by atoms with Gasteiger partial charge < -0.3 is 14.5 Å². The Morgan fingerprint density at radius 2 is 2.09 bits per heavy atom. The van der Waals surface area contributed by atoms with E-state index in [4.69, 9.17) is 9.15 Å². The summed E-state index contributed by atoms with van der Waals surface area (Å²) in [4.78, 5) is 16.5. The van der Waals surface area contributed by atoms with Crippen molar-refractivity contribution in [3.63, 3.8) is 0 Å². The standard InChI is InChI=1S/C26H23N3O3S/c1-2-31-21-10-6-9-18-13-22(32-24(18)21)25(30)28-26-20(14-27)19-11-12-29(16-23(19)33-26)15-17-7-4-3-5-8-17/h3-10,13H,2,11-12,15-16H2,1H3,(H,28,30). The van der Waals surface area contributed by atoms with Crippen LogP contribution in [0.5, 0.6) is 5.75 Å². The smallest absolute Gasteiger partial charge is 0.292 e. The van der Waals surface area contributed by atoms with Gasteiger partial charge in [0.15, 0.2) is 17.1 Å². The van der Waals surface area contributed by atoms with E-state index < -0.39 is 0 Å². The van der Waals surface area contributed by atoms with Crippen molar-refractivity contribution in [1.29, 1.82) is 5.26 Å². The quantitative estimate of drug-likeness (QED) is 0.409. The van der Waals surface area contributed by atoms with Crippen LogP contribution in [0.4, 0.5) is 5.00 Å². The van der Waals surface area contributed by atoms with Gasteiger partial charge in [0.05, 0.1) is 12.2 Å². The molecule has 166 valence electrons. The fourth-order valence-electron chi connectivity index (χ4n) is 4.22. The number of carbonyl (C=O) groups excluding carboxylic acids is 1. The van der Waals surface area contributed by atoms with Gasteiger partial charge >= 0.3 is 0 Å². The number of ether oxygens (including phenoxy) is 1. The maximum atomic E-state index is 13.0. The molecule has 0 fully saturated rings. The van der Waals surface area contributed by atoms with Crippen LogP contribution in [0, 0.1) is 11.3 Å². The molecule has 4 aromatic rings. The molecule has 1 aliphatic heterocycles. The largest absolute Gasteiger partial charge is 0.490 e. The first-order chi connectivity index (χ1) is 16.2. The van der Waals surface area contributed by atoms with Crippen molar-refractivity contribution in [2.45, 2.75) is 26.4 Å². The summed E-state index contributed by atoms with van der Waals surface area (Å²) in [5.74, 6) is 0.430. The van der Waals surface area contributed by atoms with E-state index in [1.54, 1.807) is 6.07 Å². The molecule has 0 atom stereocenters. The number of furan rings is 1. The number of rotatable bonds is 6. The van der Waals surface area contributed by atoms with Gasteiger partial charge in [-0.15, -0.1) is 11.3 Å². The fourth-order valence-corrected chi connectivity index (χ4v) is 5.46. The number of thiophene rings is 1. The number of nitrogens with zero attached hydrogens (tertiary/aromatic N) is 2. The Bertz CT molecular complexity index is 1350. The summed E-state index contributed by atoms with van der Waals surface area (Å²) < 4.78 is 11.4. The summed E-state index contributed by atoms with van der Waals surface area (Å²) >= 11 is 1.48. The number of nitriles is 1. The van der Waals surface area contributed by atoms with Crippen LogP contribution in [0.2, 0.25) is 0 Å². The molecule has 5 rings (SSSR count). The molecule has 0 bridgehead atoms. The number of fused-ring (bicyclic) bond motifs is 2. The van der Waals surface area contributed by atoms with Crippen LogP contribution in [0.15, 0.2) is 59.0 Å². The van der Waals surface area contributed by atoms with Crippen molar-refractivity contribution in [1.82, 2.24) is 4.90 Å². The van der Waals surface area contributed by atoms with Crippen molar-refractivity contribution in [3.05, 3.63) is 81.9 Å². The molecule has 0 aliphatic carbocycles. The van der Waals surface area contributed by atoms with E-state index in [1.807, 2.05) is 43.3 Å². The number of hydrogen-bond donors (Lipinski definition) is 1. The number of amides is 1. The normalized spacial score (nSPS) is 13.5. The number of benzene rings is 2. The van der Waals surface area contributed by atoms with Crippen LogP contribution < -0.4 is 10.1 Å². The Balaban J connectivity index is 1.36. The van der Waals surface area contributed by atoms with Crippen molar-refractivity contribution < 1.29 is 13.9 Å². The van der Waals surface area contributed by atoms with Gasteiger partial charge in [0.25, 0.3) is 5.91 Å². The van der Waals surface area contributed by atoms with Gasteiger partial charge in [0.2, 0.25) is 0 Å². The number of nitrogens with one attached hydrogen (secondary N) is 1. The van der Waals surface area contributed by atoms with Crippen LogP contribution in [0.1, 0.15) is 39.0 Å². The highest BCUT2D eigenvalue weighted by Gasteiger charge is 2.26. The molecule has 0 radical (unpaired) electrons. The zero-order valence-corrected chi connectivity index (χ0v) is 19.1. The average Bonchev–Trinajstić information content (AvgIpc) is 3.41. The molecule has 1 N–H and O–H groups in total. The predicted molar refractivity (Wildman–Crippen MR) is 129 cm³/mol. The third-order valence-electron chi connectivity index (χ3n) is 5.76. The highest BCUT2D eigenvalue weighted by molar-refractivity contribution is 7.16. The lowest BCUT2D eigenvalue weighted by Gasteiger charge is -2.26. The first-order valence-corrected chi connectivity index (χ1v) is 11.8. The summed E-state index contributed by atoms with van der Waals surface area (Å²) in [6.45, 7) is 4.92. The van der Waals surface area contributed by atoms with E-state index in [9.17, 15) is 10.1 Å². The molecule has 2 aromatic heterocycles. The predicted octanol–water partition coefficient (Wildman–Crippen LogP) is 5.58. The van der Waals surface area contributed by atoms with Crippen LogP contribution in [0.3, 0.4) is 0 Å². The SMILES string of the molecule is CCOc1cccc2cc(C(=O)Nc3sc4c(c3C#N)CCN(Cc3ccccc3)C4)oc12. The molecule has 1 aliphatic rings. The lowest BCUT2D eigenvalue weighted by atomic mass is 10.0. The molecule has 6 nitrogen and oxygen atoms in total. The second-order valence-electron chi connectivity index (χ2n) is 7.94. The Morgan fingerprint density at radius 1 is 1.24 bits per heavy atom. The Morgan fingerprint density at radius 3 is 2.88 bits per heavy atom. The highest BCUT2D eigenvalue weighted by atomic mass is 32.1. The first-order valence-electron chi connectivity index (χ1n) is 10.9. The van der Waals surface area contributed by atoms with Crippen molar-refractivity contribution in [3.8, 4) is 11.8 Å². The van der Waals surface area contributed by atoms with Crippen molar-refractivity contribution in [2.24, 2.45) is 0 Å². The van der Waals surface area contributed by atoms with E-state index in [-0.39, 0.29) is 11.7 Å². The second kappa shape index (κ2) is 9.10. The van der Waals surface area contributed by atoms with E-state index in [0.29, 0.717) is 28.5 Å². The third-order valence-corrected chi connectivity index (χ3v) is 6.89. The summed E-state index contributed by atoms with van der Waals surface area (Å²) in [7, 11) is 0. The molecule has 2 aromatic carbocycles. The lowest BCUT2D eigenvalue weighted by Crippen LogP contribution is -2.29.